The second kappa shape index (κ2) is 6.74. The molecule has 0 spiro atoms. The van der Waals surface area contributed by atoms with Crippen molar-refractivity contribution >= 4 is 11.9 Å². The number of carbonyl (C=O) groups is 2. The SMILES string of the molecule is CC(C)Cc1cc(C(=O)N2CCOC(C(=O)O)C2)cc(=O)[nH]1. The van der Waals surface area contributed by atoms with Crippen LogP contribution in [0.4, 0.5) is 0 Å². The molecule has 1 atom stereocenters. The highest BCUT2D eigenvalue weighted by Crippen LogP contribution is 2.12. The van der Waals surface area contributed by atoms with Crippen molar-refractivity contribution in [3.8, 4) is 0 Å². The zero-order chi connectivity index (χ0) is 16.3. The van der Waals surface area contributed by atoms with E-state index >= 15 is 0 Å². The Morgan fingerprint density at radius 3 is 2.82 bits per heavy atom. The Morgan fingerprint density at radius 2 is 2.18 bits per heavy atom. The number of aromatic nitrogens is 1. The van der Waals surface area contributed by atoms with Crippen LogP contribution in [0.3, 0.4) is 0 Å². The van der Waals surface area contributed by atoms with Crippen LogP contribution >= 0.6 is 0 Å². The molecule has 2 rings (SSSR count). The number of hydrogen-bond donors (Lipinski definition) is 2. The summed E-state index contributed by atoms with van der Waals surface area (Å²) in [5, 5.41) is 8.98. The monoisotopic (exact) mass is 308 g/mol. The Kier molecular flexibility index (Phi) is 4.97. The molecule has 0 aromatic carbocycles. The standard InChI is InChI=1S/C15H20N2O5/c1-9(2)5-11-6-10(7-13(18)16-11)14(19)17-3-4-22-12(8-17)15(20)21/h6-7,9,12H,3-5,8H2,1-2H3,(H,16,18)(H,20,21). The number of nitrogens with zero attached hydrogens (tertiary/aromatic N) is 1. The summed E-state index contributed by atoms with van der Waals surface area (Å²) in [6, 6.07) is 2.91. The van der Waals surface area contributed by atoms with E-state index in [1.165, 1.54) is 11.0 Å². The summed E-state index contributed by atoms with van der Waals surface area (Å²) in [6.45, 7) is 4.51. The maximum Gasteiger partial charge on any atom is 0.334 e. The largest absolute Gasteiger partial charge is 0.479 e. The number of H-pyrrole nitrogens is 1. The van der Waals surface area contributed by atoms with Crippen LogP contribution in [0.15, 0.2) is 16.9 Å². The van der Waals surface area contributed by atoms with Gasteiger partial charge in [-0.3, -0.25) is 9.59 Å². The first-order valence-electron chi connectivity index (χ1n) is 7.23. The number of morpholine rings is 1. The number of ether oxygens (including phenoxy) is 1. The van der Waals surface area contributed by atoms with Gasteiger partial charge in [0.1, 0.15) is 0 Å². The lowest BCUT2D eigenvalue weighted by atomic mass is 10.1. The summed E-state index contributed by atoms with van der Waals surface area (Å²) < 4.78 is 5.09. The fourth-order valence-corrected chi connectivity index (χ4v) is 2.44. The molecule has 2 heterocycles. The molecule has 0 saturated carbocycles. The highest BCUT2D eigenvalue weighted by molar-refractivity contribution is 5.94. The molecular weight excluding hydrogens is 288 g/mol. The van der Waals surface area contributed by atoms with Crippen molar-refractivity contribution in [1.82, 2.24) is 9.88 Å². The van der Waals surface area contributed by atoms with Crippen molar-refractivity contribution in [2.24, 2.45) is 5.92 Å². The minimum atomic E-state index is -1.09. The quantitative estimate of drug-likeness (QED) is 0.843. The van der Waals surface area contributed by atoms with Crippen LogP contribution in [-0.2, 0) is 16.0 Å². The van der Waals surface area contributed by atoms with Crippen LogP contribution in [0.25, 0.3) is 0 Å². The van der Waals surface area contributed by atoms with Crippen molar-refractivity contribution in [3.05, 3.63) is 33.7 Å². The molecule has 2 N–H and O–H groups in total. The van der Waals surface area contributed by atoms with Gasteiger partial charge in [-0.05, 0) is 18.4 Å². The zero-order valence-corrected chi connectivity index (χ0v) is 12.7. The van der Waals surface area contributed by atoms with Crippen LogP contribution in [0.2, 0.25) is 0 Å². The first kappa shape index (κ1) is 16.2. The van der Waals surface area contributed by atoms with Crippen LogP contribution in [0, 0.1) is 5.92 Å². The fourth-order valence-electron chi connectivity index (χ4n) is 2.44. The molecule has 1 unspecified atom stereocenters. The summed E-state index contributed by atoms with van der Waals surface area (Å²) in [6.07, 6.45) is -0.355. The third-order valence-corrected chi connectivity index (χ3v) is 3.40. The predicted octanol–water partition coefficient (Wildman–Crippen LogP) is 0.499. The van der Waals surface area contributed by atoms with Gasteiger partial charge in [-0.2, -0.15) is 0 Å². The van der Waals surface area contributed by atoms with E-state index in [2.05, 4.69) is 4.98 Å². The maximum absolute atomic E-state index is 12.5. The minimum absolute atomic E-state index is 0.0134. The molecular formula is C15H20N2O5. The number of carbonyl (C=O) groups excluding carboxylic acids is 1. The molecule has 22 heavy (non-hydrogen) atoms. The van der Waals surface area contributed by atoms with E-state index in [1.807, 2.05) is 13.8 Å². The van der Waals surface area contributed by atoms with Gasteiger partial charge in [0.25, 0.3) is 5.91 Å². The average Bonchev–Trinajstić information content (AvgIpc) is 2.45. The number of pyridine rings is 1. The number of aliphatic carboxylic acids is 1. The van der Waals surface area contributed by atoms with Crippen LogP contribution in [0.1, 0.15) is 29.9 Å². The average molecular weight is 308 g/mol. The Bertz CT molecular complexity index is 623. The van der Waals surface area contributed by atoms with Gasteiger partial charge in [0.05, 0.1) is 13.2 Å². The van der Waals surface area contributed by atoms with Gasteiger partial charge >= 0.3 is 5.97 Å². The number of amides is 1. The Morgan fingerprint density at radius 1 is 1.45 bits per heavy atom. The Hall–Kier alpha value is -2.15. The molecule has 1 aliphatic heterocycles. The van der Waals surface area contributed by atoms with E-state index in [0.29, 0.717) is 24.6 Å². The molecule has 0 aliphatic carbocycles. The van der Waals surface area contributed by atoms with Gasteiger partial charge in [-0.1, -0.05) is 13.8 Å². The van der Waals surface area contributed by atoms with Gasteiger partial charge in [0.15, 0.2) is 6.10 Å². The Balaban J connectivity index is 2.20. The molecule has 1 aromatic heterocycles. The van der Waals surface area contributed by atoms with E-state index in [1.54, 1.807) is 6.07 Å². The fraction of sp³-hybridized carbons (Fsp3) is 0.533. The topological polar surface area (TPSA) is 99.7 Å². The lowest BCUT2D eigenvalue weighted by molar-refractivity contribution is -0.154. The number of carboxylic acid groups (broad SMARTS) is 1. The predicted molar refractivity (Wildman–Crippen MR) is 78.9 cm³/mol. The molecule has 7 heteroatoms. The molecule has 120 valence electrons. The molecule has 1 aliphatic rings. The summed E-state index contributed by atoms with van der Waals surface area (Å²) in [7, 11) is 0. The molecule has 1 fully saturated rings. The van der Waals surface area contributed by atoms with E-state index in [9.17, 15) is 14.4 Å². The number of hydrogen-bond acceptors (Lipinski definition) is 4. The van der Waals surface area contributed by atoms with Crippen LogP contribution in [-0.4, -0.2) is 52.7 Å². The first-order chi connectivity index (χ1) is 10.4. The number of carboxylic acids is 1. The zero-order valence-electron chi connectivity index (χ0n) is 12.7. The molecule has 0 bridgehead atoms. The second-order valence-electron chi connectivity index (χ2n) is 5.81. The molecule has 1 aromatic rings. The van der Waals surface area contributed by atoms with Crippen molar-refractivity contribution in [1.29, 1.82) is 0 Å². The first-order valence-corrected chi connectivity index (χ1v) is 7.23. The van der Waals surface area contributed by atoms with Gasteiger partial charge in [0, 0.05) is 23.9 Å². The smallest absolute Gasteiger partial charge is 0.334 e. The van der Waals surface area contributed by atoms with Crippen molar-refractivity contribution in [2.75, 3.05) is 19.7 Å². The van der Waals surface area contributed by atoms with E-state index < -0.39 is 12.1 Å². The third-order valence-electron chi connectivity index (χ3n) is 3.40. The summed E-state index contributed by atoms with van der Waals surface area (Å²) >= 11 is 0. The van der Waals surface area contributed by atoms with Gasteiger partial charge in [-0.15, -0.1) is 0 Å². The van der Waals surface area contributed by atoms with Crippen LogP contribution < -0.4 is 5.56 Å². The van der Waals surface area contributed by atoms with E-state index in [-0.39, 0.29) is 30.2 Å². The normalized spacial score (nSPS) is 18.5. The summed E-state index contributed by atoms with van der Waals surface area (Å²) in [4.78, 5) is 39.3. The minimum Gasteiger partial charge on any atom is -0.479 e. The lowest BCUT2D eigenvalue weighted by Crippen LogP contribution is -2.48. The molecule has 1 amide bonds. The van der Waals surface area contributed by atoms with Gasteiger partial charge in [0.2, 0.25) is 5.56 Å². The Labute approximate surface area is 127 Å². The van der Waals surface area contributed by atoms with E-state index in [4.69, 9.17) is 9.84 Å². The summed E-state index contributed by atoms with van der Waals surface area (Å²) in [5.41, 5.74) is 0.656. The van der Waals surface area contributed by atoms with Crippen LogP contribution in [0.5, 0.6) is 0 Å². The second-order valence-corrected chi connectivity index (χ2v) is 5.81. The van der Waals surface area contributed by atoms with E-state index in [0.717, 1.165) is 0 Å². The lowest BCUT2D eigenvalue weighted by Gasteiger charge is -2.30. The number of aromatic amines is 1. The molecule has 0 radical (unpaired) electrons. The van der Waals surface area contributed by atoms with Crippen molar-refractivity contribution < 1.29 is 19.4 Å². The summed E-state index contributed by atoms with van der Waals surface area (Å²) in [5.74, 6) is -1.09. The maximum atomic E-state index is 12.5. The highest BCUT2D eigenvalue weighted by Gasteiger charge is 2.29. The number of rotatable bonds is 4. The highest BCUT2D eigenvalue weighted by atomic mass is 16.5. The van der Waals surface area contributed by atoms with Crippen molar-refractivity contribution in [2.45, 2.75) is 26.4 Å². The molecule has 7 nitrogen and oxygen atoms in total. The third kappa shape index (κ3) is 3.94. The number of nitrogens with one attached hydrogen (secondary N) is 1. The van der Waals surface area contributed by atoms with Gasteiger partial charge < -0.3 is 19.7 Å². The van der Waals surface area contributed by atoms with Crippen molar-refractivity contribution in [3.63, 3.8) is 0 Å². The molecule has 1 saturated heterocycles. The van der Waals surface area contributed by atoms with Gasteiger partial charge in [-0.25, -0.2) is 4.79 Å².